The van der Waals surface area contributed by atoms with Crippen molar-refractivity contribution in [2.75, 3.05) is 5.75 Å². The highest BCUT2D eigenvalue weighted by atomic mass is 32.2. The summed E-state index contributed by atoms with van der Waals surface area (Å²) >= 11 is 0. The van der Waals surface area contributed by atoms with Crippen LogP contribution in [-0.2, 0) is 34.3 Å². The van der Waals surface area contributed by atoms with Gasteiger partial charge in [-0.3, -0.25) is 4.79 Å². The van der Waals surface area contributed by atoms with Crippen LogP contribution in [0.1, 0.15) is 42.4 Å². The van der Waals surface area contributed by atoms with Crippen molar-refractivity contribution in [3.8, 4) is 0 Å². The Morgan fingerprint density at radius 3 is 2.68 bits per heavy atom. The second kappa shape index (κ2) is 6.38. The van der Waals surface area contributed by atoms with Crippen LogP contribution in [0.15, 0.2) is 18.2 Å². The third-order valence-corrected chi connectivity index (χ3v) is 6.69. The van der Waals surface area contributed by atoms with E-state index in [-0.39, 0.29) is 11.0 Å². The highest BCUT2D eigenvalue weighted by Gasteiger charge is 2.30. The van der Waals surface area contributed by atoms with Gasteiger partial charge >= 0.3 is 0 Å². The fourth-order valence-electron chi connectivity index (χ4n) is 3.26. The molecule has 1 aromatic carbocycles. The molecule has 1 aromatic rings. The highest BCUT2D eigenvalue weighted by molar-refractivity contribution is 7.92. The van der Waals surface area contributed by atoms with Gasteiger partial charge in [0.1, 0.15) is 5.75 Å². The zero-order valence-corrected chi connectivity index (χ0v) is 13.4. The predicted molar refractivity (Wildman–Crippen MR) is 84.9 cm³/mol. The molecule has 5 nitrogen and oxygen atoms in total. The molecule has 2 aliphatic rings. The maximum atomic E-state index is 12.1. The van der Waals surface area contributed by atoms with Gasteiger partial charge < -0.3 is 10.6 Å². The molecule has 1 fully saturated rings. The molecule has 0 aromatic heterocycles. The summed E-state index contributed by atoms with van der Waals surface area (Å²) < 4.78 is 24.3. The molecular weight excluding hydrogens is 300 g/mol. The Hall–Kier alpha value is -1.40. The molecule has 22 heavy (non-hydrogen) atoms. The SMILES string of the molecule is O=C(CS(=O)(=O)C1CCCC1)NCc1ccc2c(c1)CNC2. The van der Waals surface area contributed by atoms with E-state index in [1.165, 1.54) is 11.1 Å². The van der Waals surface area contributed by atoms with Crippen LogP contribution < -0.4 is 10.6 Å². The predicted octanol–water partition coefficient (Wildman–Crippen LogP) is 1.26. The average Bonchev–Trinajstić information content (AvgIpc) is 3.15. The minimum absolute atomic E-state index is 0.315. The molecule has 0 saturated heterocycles. The number of hydrogen-bond acceptors (Lipinski definition) is 4. The summed E-state index contributed by atoms with van der Waals surface area (Å²) in [5.41, 5.74) is 3.55. The van der Waals surface area contributed by atoms with Crippen molar-refractivity contribution in [1.82, 2.24) is 10.6 Å². The molecular formula is C16H22N2O3S. The Morgan fingerprint density at radius 1 is 1.18 bits per heavy atom. The molecule has 1 aliphatic heterocycles. The molecule has 1 amide bonds. The molecule has 1 saturated carbocycles. The van der Waals surface area contributed by atoms with Crippen molar-refractivity contribution < 1.29 is 13.2 Å². The number of benzene rings is 1. The van der Waals surface area contributed by atoms with Crippen molar-refractivity contribution in [3.05, 3.63) is 34.9 Å². The first-order chi connectivity index (χ1) is 10.5. The topological polar surface area (TPSA) is 75.3 Å². The van der Waals surface area contributed by atoms with Crippen molar-refractivity contribution in [2.45, 2.75) is 50.6 Å². The normalized spacial score (nSPS) is 18.4. The van der Waals surface area contributed by atoms with E-state index in [1.54, 1.807) is 0 Å². The minimum atomic E-state index is -3.30. The lowest BCUT2D eigenvalue weighted by Gasteiger charge is -2.11. The molecule has 0 spiro atoms. The summed E-state index contributed by atoms with van der Waals surface area (Å²) in [6.07, 6.45) is 3.31. The summed E-state index contributed by atoms with van der Waals surface area (Å²) in [4.78, 5) is 11.9. The Balaban J connectivity index is 1.54. The van der Waals surface area contributed by atoms with Crippen molar-refractivity contribution in [2.24, 2.45) is 0 Å². The maximum absolute atomic E-state index is 12.1. The van der Waals surface area contributed by atoms with Gasteiger partial charge in [0, 0.05) is 19.6 Å². The Bertz CT molecular complexity index is 664. The fraction of sp³-hybridized carbons (Fsp3) is 0.562. The molecule has 1 heterocycles. The second-order valence-electron chi connectivity index (χ2n) is 6.20. The number of amides is 1. The van der Waals surface area contributed by atoms with Gasteiger partial charge in [-0.15, -0.1) is 0 Å². The average molecular weight is 322 g/mol. The largest absolute Gasteiger partial charge is 0.351 e. The van der Waals surface area contributed by atoms with Crippen molar-refractivity contribution in [3.63, 3.8) is 0 Å². The summed E-state index contributed by atoms with van der Waals surface area (Å²) in [5.74, 6) is -0.782. The van der Waals surface area contributed by atoms with E-state index in [1.807, 2.05) is 6.07 Å². The smallest absolute Gasteiger partial charge is 0.235 e. The van der Waals surface area contributed by atoms with Crippen LogP contribution in [0.4, 0.5) is 0 Å². The number of nitrogens with one attached hydrogen (secondary N) is 2. The lowest BCUT2D eigenvalue weighted by Crippen LogP contribution is -2.33. The molecule has 2 N–H and O–H groups in total. The number of rotatable bonds is 5. The summed E-state index contributed by atoms with van der Waals surface area (Å²) in [7, 11) is -3.30. The van der Waals surface area contributed by atoms with Gasteiger partial charge in [-0.25, -0.2) is 8.42 Å². The monoisotopic (exact) mass is 322 g/mol. The molecule has 0 radical (unpaired) electrons. The van der Waals surface area contributed by atoms with Crippen LogP contribution in [0.3, 0.4) is 0 Å². The Kier molecular flexibility index (Phi) is 4.49. The van der Waals surface area contributed by atoms with Gasteiger partial charge in [0.15, 0.2) is 9.84 Å². The van der Waals surface area contributed by atoms with E-state index in [4.69, 9.17) is 0 Å². The van der Waals surface area contributed by atoms with E-state index in [0.29, 0.717) is 19.4 Å². The third kappa shape index (κ3) is 3.50. The Morgan fingerprint density at radius 2 is 1.91 bits per heavy atom. The molecule has 1 aliphatic carbocycles. The number of carbonyl (C=O) groups excluding carboxylic acids is 1. The van der Waals surface area contributed by atoms with Crippen LogP contribution in [-0.4, -0.2) is 25.3 Å². The lowest BCUT2D eigenvalue weighted by atomic mass is 10.1. The Labute approximate surface area is 131 Å². The quantitative estimate of drug-likeness (QED) is 0.856. The summed E-state index contributed by atoms with van der Waals surface area (Å²) in [5, 5.41) is 5.69. The number of fused-ring (bicyclic) bond motifs is 1. The van der Waals surface area contributed by atoms with Gasteiger partial charge in [0.2, 0.25) is 5.91 Å². The molecule has 120 valence electrons. The molecule has 0 atom stereocenters. The maximum Gasteiger partial charge on any atom is 0.235 e. The lowest BCUT2D eigenvalue weighted by molar-refractivity contribution is -0.118. The zero-order chi connectivity index (χ0) is 15.6. The molecule has 6 heteroatoms. The van der Waals surface area contributed by atoms with Crippen molar-refractivity contribution in [1.29, 1.82) is 0 Å². The van der Waals surface area contributed by atoms with Crippen LogP contribution in [0.2, 0.25) is 0 Å². The summed E-state index contributed by atoms with van der Waals surface area (Å²) in [6.45, 7) is 2.13. The number of sulfone groups is 1. The van der Waals surface area contributed by atoms with Crippen LogP contribution in [0, 0.1) is 0 Å². The zero-order valence-electron chi connectivity index (χ0n) is 12.6. The van der Waals surface area contributed by atoms with Gasteiger partial charge in [-0.05, 0) is 29.5 Å². The molecule has 0 unspecified atom stereocenters. The first kappa shape index (κ1) is 15.5. The first-order valence-electron chi connectivity index (χ1n) is 7.84. The van der Waals surface area contributed by atoms with Gasteiger partial charge in [-0.2, -0.15) is 0 Å². The van der Waals surface area contributed by atoms with E-state index in [0.717, 1.165) is 31.5 Å². The third-order valence-electron chi connectivity index (χ3n) is 4.53. The minimum Gasteiger partial charge on any atom is -0.351 e. The highest BCUT2D eigenvalue weighted by Crippen LogP contribution is 2.25. The van der Waals surface area contributed by atoms with Crippen molar-refractivity contribution >= 4 is 15.7 Å². The first-order valence-corrected chi connectivity index (χ1v) is 9.56. The standard InChI is InChI=1S/C16H22N2O3S/c19-16(11-22(20,21)15-3-1-2-4-15)18-8-12-5-6-13-9-17-10-14(13)7-12/h5-7,15,17H,1-4,8-11H2,(H,18,19). The summed E-state index contributed by atoms with van der Waals surface area (Å²) in [6, 6.07) is 6.12. The van der Waals surface area contributed by atoms with E-state index >= 15 is 0 Å². The van der Waals surface area contributed by atoms with Gasteiger partial charge in [-0.1, -0.05) is 31.0 Å². The van der Waals surface area contributed by atoms with E-state index in [9.17, 15) is 13.2 Å². The van der Waals surface area contributed by atoms with Gasteiger partial charge in [0.25, 0.3) is 0 Å². The molecule has 3 rings (SSSR count). The van der Waals surface area contributed by atoms with Crippen LogP contribution >= 0.6 is 0 Å². The van der Waals surface area contributed by atoms with E-state index < -0.39 is 15.7 Å². The van der Waals surface area contributed by atoms with E-state index in [2.05, 4.69) is 22.8 Å². The van der Waals surface area contributed by atoms with Gasteiger partial charge in [0.05, 0.1) is 5.25 Å². The molecule has 0 bridgehead atoms. The number of carbonyl (C=O) groups is 1. The van der Waals surface area contributed by atoms with Crippen LogP contribution in [0.25, 0.3) is 0 Å². The fourth-order valence-corrected chi connectivity index (χ4v) is 5.01. The number of hydrogen-bond donors (Lipinski definition) is 2. The second-order valence-corrected chi connectivity index (χ2v) is 8.48. The van der Waals surface area contributed by atoms with Crippen LogP contribution in [0.5, 0.6) is 0 Å².